The third kappa shape index (κ3) is 10.6. The molecule has 0 aromatic heterocycles. The van der Waals surface area contributed by atoms with Crippen LogP contribution in [0.25, 0.3) is 0 Å². The van der Waals surface area contributed by atoms with Gasteiger partial charge in [-0.2, -0.15) is 11.8 Å². The van der Waals surface area contributed by atoms with E-state index < -0.39 is 5.41 Å². The zero-order valence-electron chi connectivity index (χ0n) is 13.0. The standard InChI is InChI=1S/C13H28N4OS.HI/c1-5-15-12(16-8-6-7-9-19-4)17-10-13(2,3)11(14)18;/h5-10H2,1-4H3,(H2,14,18)(H2,15,16,17);1H. The molecule has 0 bridgehead atoms. The first-order valence-corrected chi connectivity index (χ1v) is 8.14. The normalized spacial score (nSPS) is 11.7. The topological polar surface area (TPSA) is 79.5 Å². The van der Waals surface area contributed by atoms with Gasteiger partial charge in [-0.25, -0.2) is 0 Å². The molecule has 0 radical (unpaired) electrons. The van der Waals surface area contributed by atoms with Crippen molar-refractivity contribution in [2.75, 3.05) is 31.6 Å². The highest BCUT2D eigenvalue weighted by atomic mass is 127. The van der Waals surface area contributed by atoms with Gasteiger partial charge in [-0.15, -0.1) is 24.0 Å². The number of primary amides is 1. The van der Waals surface area contributed by atoms with Gasteiger partial charge < -0.3 is 16.4 Å². The number of amides is 1. The Labute approximate surface area is 144 Å². The third-order valence-electron chi connectivity index (χ3n) is 2.71. The monoisotopic (exact) mass is 416 g/mol. The van der Waals surface area contributed by atoms with E-state index in [1.807, 2.05) is 18.7 Å². The van der Waals surface area contributed by atoms with Crippen LogP contribution in [0.5, 0.6) is 0 Å². The maximum absolute atomic E-state index is 11.2. The molecule has 0 spiro atoms. The van der Waals surface area contributed by atoms with Crippen molar-refractivity contribution in [2.45, 2.75) is 33.6 Å². The molecule has 1 amide bonds. The number of carbonyl (C=O) groups is 1. The van der Waals surface area contributed by atoms with Gasteiger partial charge in [-0.05, 0) is 45.6 Å². The lowest BCUT2D eigenvalue weighted by molar-refractivity contribution is -0.125. The first kappa shape index (κ1) is 22.1. The quantitative estimate of drug-likeness (QED) is 0.232. The number of nitrogens with one attached hydrogen (secondary N) is 2. The molecule has 0 heterocycles. The van der Waals surface area contributed by atoms with Crippen molar-refractivity contribution in [3.63, 3.8) is 0 Å². The number of guanidine groups is 1. The first-order chi connectivity index (χ1) is 8.94. The highest BCUT2D eigenvalue weighted by Gasteiger charge is 2.24. The van der Waals surface area contributed by atoms with E-state index in [0.717, 1.165) is 25.5 Å². The molecule has 0 saturated heterocycles. The van der Waals surface area contributed by atoms with Crippen LogP contribution in [0.4, 0.5) is 0 Å². The molecule has 0 aliphatic carbocycles. The zero-order valence-corrected chi connectivity index (χ0v) is 16.1. The van der Waals surface area contributed by atoms with Gasteiger partial charge >= 0.3 is 0 Å². The second-order valence-corrected chi connectivity index (χ2v) is 6.06. The minimum atomic E-state index is -0.610. The maximum atomic E-state index is 11.2. The first-order valence-electron chi connectivity index (χ1n) is 6.75. The molecule has 7 heteroatoms. The van der Waals surface area contributed by atoms with Gasteiger partial charge in [0.15, 0.2) is 5.96 Å². The van der Waals surface area contributed by atoms with Crippen LogP contribution in [-0.4, -0.2) is 43.5 Å². The smallest absolute Gasteiger partial charge is 0.224 e. The molecule has 0 aromatic carbocycles. The number of thioether (sulfide) groups is 1. The number of unbranched alkanes of at least 4 members (excludes halogenated alkanes) is 1. The van der Waals surface area contributed by atoms with E-state index in [4.69, 9.17) is 5.73 Å². The molecule has 0 saturated carbocycles. The Hall–Kier alpha value is -0.180. The summed E-state index contributed by atoms with van der Waals surface area (Å²) in [6.45, 7) is 7.71. The van der Waals surface area contributed by atoms with Gasteiger partial charge in [0, 0.05) is 13.1 Å². The van der Waals surface area contributed by atoms with Crippen LogP contribution in [0.1, 0.15) is 33.6 Å². The lowest BCUT2D eigenvalue weighted by Crippen LogP contribution is -2.40. The van der Waals surface area contributed by atoms with E-state index in [1.54, 1.807) is 13.8 Å². The van der Waals surface area contributed by atoms with Crippen LogP contribution < -0.4 is 16.4 Å². The summed E-state index contributed by atoms with van der Waals surface area (Å²) in [4.78, 5) is 15.6. The Kier molecular flexibility index (Phi) is 13.9. The van der Waals surface area contributed by atoms with Crippen LogP contribution in [-0.2, 0) is 4.79 Å². The van der Waals surface area contributed by atoms with E-state index in [0.29, 0.717) is 6.54 Å². The predicted octanol–water partition coefficient (Wildman–Crippen LogP) is 1.81. The van der Waals surface area contributed by atoms with E-state index >= 15 is 0 Å². The minimum Gasteiger partial charge on any atom is -0.369 e. The highest BCUT2D eigenvalue weighted by Crippen LogP contribution is 2.13. The molecule has 0 aromatic rings. The van der Waals surface area contributed by atoms with Crippen molar-refractivity contribution in [1.82, 2.24) is 10.6 Å². The number of nitrogens with two attached hydrogens (primary N) is 1. The molecule has 4 N–H and O–H groups in total. The van der Waals surface area contributed by atoms with Crippen molar-refractivity contribution < 1.29 is 4.79 Å². The number of nitrogens with zero attached hydrogens (tertiary/aromatic N) is 1. The molecule has 0 rings (SSSR count). The molecule has 0 atom stereocenters. The molecule has 5 nitrogen and oxygen atoms in total. The van der Waals surface area contributed by atoms with Gasteiger partial charge in [0.25, 0.3) is 0 Å². The fraction of sp³-hybridized carbons (Fsp3) is 0.846. The van der Waals surface area contributed by atoms with E-state index in [-0.39, 0.29) is 29.9 Å². The Bertz CT molecular complexity index is 298. The summed E-state index contributed by atoms with van der Waals surface area (Å²) in [5.74, 6) is 1.61. The minimum absolute atomic E-state index is 0. The second-order valence-electron chi connectivity index (χ2n) is 5.07. The summed E-state index contributed by atoms with van der Waals surface area (Å²) in [5.41, 5.74) is 4.72. The summed E-state index contributed by atoms with van der Waals surface area (Å²) in [6.07, 6.45) is 4.43. The average molecular weight is 416 g/mol. The SMILES string of the molecule is CCNC(=NCC(C)(C)C(N)=O)NCCCCSC.I. The Morgan fingerprint density at radius 2 is 1.95 bits per heavy atom. The number of halogens is 1. The summed E-state index contributed by atoms with van der Waals surface area (Å²) in [5, 5.41) is 6.44. The van der Waals surface area contributed by atoms with Crippen molar-refractivity contribution in [3.8, 4) is 0 Å². The molecular weight excluding hydrogens is 387 g/mol. The zero-order chi connectivity index (χ0) is 14.7. The van der Waals surface area contributed by atoms with Crippen molar-refractivity contribution in [3.05, 3.63) is 0 Å². The van der Waals surface area contributed by atoms with Crippen molar-refractivity contribution in [1.29, 1.82) is 0 Å². The summed E-state index contributed by atoms with van der Waals surface area (Å²) in [7, 11) is 0. The van der Waals surface area contributed by atoms with Crippen LogP contribution in [0.15, 0.2) is 4.99 Å². The molecule has 0 unspecified atom stereocenters. The largest absolute Gasteiger partial charge is 0.369 e. The van der Waals surface area contributed by atoms with Gasteiger partial charge in [0.2, 0.25) is 5.91 Å². The Balaban J connectivity index is 0. The highest BCUT2D eigenvalue weighted by molar-refractivity contribution is 14.0. The molecular formula is C13H29IN4OS. The fourth-order valence-electron chi connectivity index (χ4n) is 1.27. The van der Waals surface area contributed by atoms with E-state index in [2.05, 4.69) is 21.9 Å². The second kappa shape index (κ2) is 12.6. The number of hydrogen-bond donors (Lipinski definition) is 3. The Morgan fingerprint density at radius 1 is 1.30 bits per heavy atom. The summed E-state index contributed by atoms with van der Waals surface area (Å²) < 4.78 is 0. The van der Waals surface area contributed by atoms with Crippen LogP contribution in [0.3, 0.4) is 0 Å². The molecule has 0 aliphatic heterocycles. The van der Waals surface area contributed by atoms with Crippen LogP contribution in [0.2, 0.25) is 0 Å². The molecule has 0 fully saturated rings. The van der Waals surface area contributed by atoms with Crippen LogP contribution >= 0.6 is 35.7 Å². The average Bonchev–Trinajstić information content (AvgIpc) is 2.35. The number of hydrogen-bond acceptors (Lipinski definition) is 3. The van der Waals surface area contributed by atoms with Gasteiger partial charge in [0.05, 0.1) is 12.0 Å². The number of carbonyl (C=O) groups excluding carboxylic acids is 1. The number of rotatable bonds is 9. The molecule has 120 valence electrons. The Morgan fingerprint density at radius 3 is 2.45 bits per heavy atom. The molecule has 20 heavy (non-hydrogen) atoms. The number of aliphatic imine (C=N–C) groups is 1. The summed E-state index contributed by atoms with van der Waals surface area (Å²) >= 11 is 1.86. The maximum Gasteiger partial charge on any atom is 0.224 e. The summed E-state index contributed by atoms with van der Waals surface area (Å²) in [6, 6.07) is 0. The lowest BCUT2D eigenvalue weighted by atomic mass is 9.93. The van der Waals surface area contributed by atoms with Crippen molar-refractivity contribution >= 4 is 47.6 Å². The van der Waals surface area contributed by atoms with E-state index in [1.165, 1.54) is 12.2 Å². The predicted molar refractivity (Wildman–Crippen MR) is 100.0 cm³/mol. The third-order valence-corrected chi connectivity index (χ3v) is 3.41. The van der Waals surface area contributed by atoms with Crippen molar-refractivity contribution in [2.24, 2.45) is 16.1 Å². The van der Waals surface area contributed by atoms with Gasteiger partial charge in [0.1, 0.15) is 0 Å². The lowest BCUT2D eigenvalue weighted by Gasteiger charge is -2.19. The fourth-order valence-corrected chi connectivity index (χ4v) is 1.77. The van der Waals surface area contributed by atoms with Gasteiger partial charge in [-0.3, -0.25) is 9.79 Å². The van der Waals surface area contributed by atoms with Gasteiger partial charge in [-0.1, -0.05) is 0 Å². The molecule has 0 aliphatic rings. The van der Waals surface area contributed by atoms with Crippen LogP contribution in [0, 0.1) is 5.41 Å². The van der Waals surface area contributed by atoms with E-state index in [9.17, 15) is 4.79 Å².